The highest BCUT2D eigenvalue weighted by molar-refractivity contribution is 5.92. The fourth-order valence-electron chi connectivity index (χ4n) is 1.48. The molecule has 0 radical (unpaired) electrons. The van der Waals surface area contributed by atoms with E-state index in [1.807, 2.05) is 13.0 Å². The summed E-state index contributed by atoms with van der Waals surface area (Å²) in [7, 11) is 0. The first kappa shape index (κ1) is 14.5. The summed E-state index contributed by atoms with van der Waals surface area (Å²) in [5.41, 5.74) is 7.58. The van der Waals surface area contributed by atoms with Crippen LogP contribution >= 0.6 is 0 Å². The quantitative estimate of drug-likeness (QED) is 0.459. The van der Waals surface area contributed by atoms with E-state index in [4.69, 9.17) is 15.2 Å². The van der Waals surface area contributed by atoms with Crippen molar-refractivity contribution in [2.75, 3.05) is 25.6 Å². The van der Waals surface area contributed by atoms with Crippen molar-refractivity contribution in [3.8, 4) is 0 Å². The van der Waals surface area contributed by atoms with E-state index in [2.05, 4.69) is 6.92 Å². The highest BCUT2D eigenvalue weighted by Crippen LogP contribution is 2.13. The fourth-order valence-corrected chi connectivity index (χ4v) is 1.48. The zero-order chi connectivity index (χ0) is 13.4. The van der Waals surface area contributed by atoms with Crippen LogP contribution in [0.25, 0.3) is 0 Å². The van der Waals surface area contributed by atoms with Gasteiger partial charge >= 0.3 is 5.97 Å². The van der Waals surface area contributed by atoms with E-state index in [1.54, 1.807) is 12.1 Å². The molecule has 0 spiro atoms. The molecule has 0 aliphatic carbocycles. The first-order valence-corrected chi connectivity index (χ1v) is 6.26. The van der Waals surface area contributed by atoms with Crippen molar-refractivity contribution >= 4 is 11.7 Å². The second-order valence-corrected chi connectivity index (χ2v) is 4.18. The van der Waals surface area contributed by atoms with Crippen LogP contribution in [0.2, 0.25) is 0 Å². The van der Waals surface area contributed by atoms with Crippen LogP contribution < -0.4 is 5.73 Å². The van der Waals surface area contributed by atoms with E-state index in [-0.39, 0.29) is 12.6 Å². The van der Waals surface area contributed by atoms with Crippen molar-refractivity contribution in [2.24, 2.45) is 0 Å². The molecule has 0 saturated carbocycles. The van der Waals surface area contributed by atoms with Crippen molar-refractivity contribution in [1.82, 2.24) is 0 Å². The summed E-state index contributed by atoms with van der Waals surface area (Å²) in [4.78, 5) is 11.8. The second-order valence-electron chi connectivity index (χ2n) is 4.18. The summed E-state index contributed by atoms with van der Waals surface area (Å²) >= 11 is 0. The van der Waals surface area contributed by atoms with Crippen LogP contribution in [0.1, 0.15) is 35.7 Å². The predicted molar refractivity (Wildman–Crippen MR) is 71.6 cm³/mol. The van der Waals surface area contributed by atoms with Gasteiger partial charge < -0.3 is 15.2 Å². The van der Waals surface area contributed by atoms with Crippen molar-refractivity contribution < 1.29 is 14.3 Å². The molecule has 0 unspecified atom stereocenters. The molecular formula is C14H21NO3. The van der Waals surface area contributed by atoms with Gasteiger partial charge in [0.05, 0.1) is 12.2 Å². The van der Waals surface area contributed by atoms with Gasteiger partial charge in [0.2, 0.25) is 0 Å². The first-order chi connectivity index (χ1) is 8.65. The number of anilines is 1. The van der Waals surface area contributed by atoms with Gasteiger partial charge in [0, 0.05) is 12.3 Å². The molecule has 0 aromatic heterocycles. The zero-order valence-electron chi connectivity index (χ0n) is 11.1. The van der Waals surface area contributed by atoms with Crippen molar-refractivity contribution in [1.29, 1.82) is 0 Å². The number of nitrogen functional groups attached to an aromatic ring is 1. The minimum absolute atomic E-state index is 0.275. The molecule has 18 heavy (non-hydrogen) atoms. The molecule has 0 heterocycles. The second kappa shape index (κ2) is 7.71. The third-order valence-corrected chi connectivity index (χ3v) is 2.58. The lowest BCUT2D eigenvalue weighted by Crippen LogP contribution is -2.12. The zero-order valence-corrected chi connectivity index (χ0v) is 11.1. The number of carbonyl (C=O) groups is 1. The standard InChI is InChI=1S/C14H21NO3/c1-3-4-7-17-8-9-18-14(16)13-10-12(15)6-5-11(13)2/h5-6,10H,3-4,7-9,15H2,1-2H3. The number of unbranched alkanes of at least 4 members (excludes halogenated alkanes) is 1. The number of ether oxygens (including phenoxy) is 2. The molecule has 1 aromatic rings. The Morgan fingerprint density at radius 1 is 1.28 bits per heavy atom. The Labute approximate surface area is 108 Å². The van der Waals surface area contributed by atoms with Gasteiger partial charge in [-0.25, -0.2) is 4.79 Å². The van der Waals surface area contributed by atoms with Gasteiger partial charge in [0.1, 0.15) is 6.61 Å². The normalized spacial score (nSPS) is 10.3. The maximum absolute atomic E-state index is 11.8. The van der Waals surface area contributed by atoms with Crippen LogP contribution in [0.15, 0.2) is 18.2 Å². The molecule has 0 aliphatic rings. The fraction of sp³-hybridized carbons (Fsp3) is 0.500. The molecule has 0 atom stereocenters. The molecule has 1 aromatic carbocycles. The smallest absolute Gasteiger partial charge is 0.338 e. The average molecular weight is 251 g/mol. The average Bonchev–Trinajstić information content (AvgIpc) is 2.36. The van der Waals surface area contributed by atoms with Gasteiger partial charge in [-0.2, -0.15) is 0 Å². The Balaban J connectivity index is 2.34. The lowest BCUT2D eigenvalue weighted by molar-refractivity contribution is 0.0313. The summed E-state index contributed by atoms with van der Waals surface area (Å²) in [6.45, 7) is 5.38. The molecule has 0 bridgehead atoms. The van der Waals surface area contributed by atoms with Gasteiger partial charge in [-0.3, -0.25) is 0 Å². The summed E-state index contributed by atoms with van der Waals surface area (Å²) in [5.74, 6) is -0.348. The summed E-state index contributed by atoms with van der Waals surface area (Å²) < 4.78 is 10.4. The van der Waals surface area contributed by atoms with Gasteiger partial charge in [0.25, 0.3) is 0 Å². The molecule has 4 heteroatoms. The molecule has 100 valence electrons. The SMILES string of the molecule is CCCCOCCOC(=O)c1cc(N)ccc1C. The number of benzene rings is 1. The van der Waals surface area contributed by atoms with E-state index in [9.17, 15) is 4.79 Å². The lowest BCUT2D eigenvalue weighted by atomic mass is 10.1. The van der Waals surface area contributed by atoms with E-state index in [0.29, 0.717) is 24.5 Å². The summed E-state index contributed by atoms with van der Waals surface area (Å²) in [5, 5.41) is 0. The summed E-state index contributed by atoms with van der Waals surface area (Å²) in [6.07, 6.45) is 2.13. The van der Waals surface area contributed by atoms with Crippen molar-refractivity contribution in [3.05, 3.63) is 29.3 Å². The Kier molecular flexibility index (Phi) is 6.22. The van der Waals surface area contributed by atoms with Gasteiger partial charge in [-0.05, 0) is 31.0 Å². The van der Waals surface area contributed by atoms with Crippen LogP contribution in [0, 0.1) is 6.92 Å². The minimum atomic E-state index is -0.348. The van der Waals surface area contributed by atoms with Crippen LogP contribution in [-0.4, -0.2) is 25.8 Å². The number of carbonyl (C=O) groups excluding carboxylic acids is 1. The Morgan fingerprint density at radius 3 is 2.78 bits per heavy atom. The molecular weight excluding hydrogens is 230 g/mol. The number of aryl methyl sites for hydroxylation is 1. The number of rotatable bonds is 7. The molecule has 0 fully saturated rings. The molecule has 0 amide bonds. The van der Waals surface area contributed by atoms with E-state index in [0.717, 1.165) is 18.4 Å². The van der Waals surface area contributed by atoms with Crippen LogP contribution in [0.5, 0.6) is 0 Å². The van der Waals surface area contributed by atoms with Crippen molar-refractivity contribution in [2.45, 2.75) is 26.7 Å². The number of esters is 1. The Morgan fingerprint density at radius 2 is 2.06 bits per heavy atom. The van der Waals surface area contributed by atoms with Crippen LogP contribution in [0.4, 0.5) is 5.69 Å². The third kappa shape index (κ3) is 4.75. The van der Waals surface area contributed by atoms with E-state index in [1.165, 1.54) is 0 Å². The minimum Gasteiger partial charge on any atom is -0.460 e. The Bertz CT molecular complexity index is 391. The number of hydrogen-bond acceptors (Lipinski definition) is 4. The van der Waals surface area contributed by atoms with Gasteiger partial charge in [-0.1, -0.05) is 19.4 Å². The lowest BCUT2D eigenvalue weighted by Gasteiger charge is -2.08. The monoisotopic (exact) mass is 251 g/mol. The number of hydrogen-bond donors (Lipinski definition) is 1. The van der Waals surface area contributed by atoms with Crippen LogP contribution in [0.3, 0.4) is 0 Å². The first-order valence-electron chi connectivity index (χ1n) is 6.26. The molecule has 1 rings (SSSR count). The van der Waals surface area contributed by atoms with Crippen molar-refractivity contribution in [3.63, 3.8) is 0 Å². The summed E-state index contributed by atoms with van der Waals surface area (Å²) in [6, 6.07) is 5.21. The third-order valence-electron chi connectivity index (χ3n) is 2.58. The maximum Gasteiger partial charge on any atom is 0.338 e. The molecule has 4 nitrogen and oxygen atoms in total. The van der Waals surface area contributed by atoms with Gasteiger partial charge in [-0.15, -0.1) is 0 Å². The number of nitrogens with two attached hydrogens (primary N) is 1. The largest absolute Gasteiger partial charge is 0.460 e. The molecule has 2 N–H and O–H groups in total. The highest BCUT2D eigenvalue weighted by atomic mass is 16.6. The molecule has 0 aliphatic heterocycles. The van der Waals surface area contributed by atoms with Crippen LogP contribution in [-0.2, 0) is 9.47 Å². The van der Waals surface area contributed by atoms with E-state index < -0.39 is 0 Å². The van der Waals surface area contributed by atoms with Gasteiger partial charge in [0.15, 0.2) is 0 Å². The molecule has 0 saturated heterocycles. The topological polar surface area (TPSA) is 61.5 Å². The highest BCUT2D eigenvalue weighted by Gasteiger charge is 2.10. The predicted octanol–water partition coefficient (Wildman–Crippen LogP) is 2.55. The Hall–Kier alpha value is -1.55. The maximum atomic E-state index is 11.8. The van der Waals surface area contributed by atoms with E-state index >= 15 is 0 Å².